The summed E-state index contributed by atoms with van der Waals surface area (Å²) in [4.78, 5) is 199. The maximum absolute atomic E-state index is 14.9. The highest BCUT2D eigenvalue weighted by atomic mass is 16.4. The zero-order valence-electron chi connectivity index (χ0n) is 62.2. The van der Waals surface area contributed by atoms with E-state index >= 15 is 0 Å². The molecule has 0 spiro atoms. The minimum absolute atomic E-state index is 0.00872. The molecule has 616 valence electrons. The number of guanidine groups is 8. The molecule has 0 aliphatic carbocycles. The Hall–Kier alpha value is -12.0. The van der Waals surface area contributed by atoms with Gasteiger partial charge >= 0.3 is 12.0 Å². The molecule has 0 bridgehead atoms. The first-order valence-electron chi connectivity index (χ1n) is 35.3. The number of carbonyl (C=O) groups is 12. The highest BCUT2D eigenvalue weighted by Crippen LogP contribution is 2.24. The molecular weight excluding hydrogens is 1430 g/mol. The monoisotopic (exact) mass is 1550 g/mol. The van der Waals surface area contributed by atoms with Gasteiger partial charge in [-0.25, -0.2) is 10.2 Å². The number of primary amides is 1. The molecule has 7 unspecified atom stereocenters. The molecule has 45 N–H and O–H groups in total. The van der Waals surface area contributed by atoms with Gasteiger partial charge in [0.25, 0.3) is 0 Å². The van der Waals surface area contributed by atoms with E-state index < -0.39 is 137 Å². The third-order valence-corrected chi connectivity index (χ3v) is 15.9. The second kappa shape index (κ2) is 54.5. The van der Waals surface area contributed by atoms with Gasteiger partial charge in [-0.05, 0) is 122 Å². The van der Waals surface area contributed by atoms with E-state index in [9.17, 15) is 62.6 Å². The summed E-state index contributed by atoms with van der Waals surface area (Å²) in [6.45, 7) is 3.98. The number of hydrogen-bond donors (Lipinski definition) is 28. The molecule has 0 radical (unpaired) electrons. The molecule has 11 atom stereocenters. The first-order chi connectivity index (χ1) is 51.3. The SMILES string of the molecule is CCC(CC(C(=O)O)C(CC)C(=O)NNC(CCCN=C(N)N)C(=O)N[C@@H](CCCN=C(N)N)C(=O)NC(CCCN=C(N)N)C(=O)N[C@@H](CCCN=C(N)N)C(=O)NC(CCCN=C(N)N)C(=O)N[C@@H](CCCN=C(N)N)C(=O)NC(CCCN=C(N)N)C(=O)C(=O)[C@H](CCCN=C(N)N)NC(N)=O)NC(C)=O. The van der Waals surface area contributed by atoms with E-state index in [2.05, 4.69) is 93.3 Å². The lowest BCUT2D eigenvalue weighted by molar-refractivity contribution is -0.148. The fraction of sp³-hybridized carbons (Fsp3) is 0.672. The van der Waals surface area contributed by atoms with Crippen LogP contribution in [0.1, 0.15) is 143 Å². The van der Waals surface area contributed by atoms with E-state index in [1.54, 1.807) is 13.8 Å². The van der Waals surface area contributed by atoms with E-state index in [1.165, 1.54) is 6.92 Å². The van der Waals surface area contributed by atoms with Gasteiger partial charge < -0.3 is 145 Å². The van der Waals surface area contributed by atoms with Crippen LogP contribution in [0.25, 0.3) is 0 Å². The maximum atomic E-state index is 14.9. The standard InChI is InChI=1S/C61H119N35O13/c1-4-32(87-31(3)97)30-34(52(107)108)33(5-2)45(100)96-95-42(21-13-29-86-60(76)77)51(106)93-41(20-12-28-85-59(74)75)50(105)92-40(19-11-27-84-58(72)73)49(104)91-39(18-10-26-83-57(70)71)48(103)90-38(17-9-25-82-56(68)69)47(102)89-37(16-8-24-81-55(66)67)46(101)88-35(14-6-22-79-53(62)63)43(98)44(99)36(94-61(78)109)15-7-23-80-54(64)65/h32-42,95H,4-30H2,1-3H3,(H,87,97)(H,88,101)(H,89,102)(H,90,103)(H,91,104)(H,92,105)(H,93,106)(H,96,100)(H,107,108)(H4,62,63,79)(H4,64,65,80)(H4,66,67,81)(H4,68,69,82)(H4,70,71,83)(H4,72,73,84)(H4,74,75,85)(H4,76,77,86)(H3,78,94,109)/t32?,33?,34?,35?,36-,37-,38?,39-,40?,41-,42?/m0/s1. The molecule has 0 fully saturated rings. The van der Waals surface area contributed by atoms with Crippen molar-refractivity contribution in [2.75, 3.05) is 52.4 Å². The number of carboxylic acids is 1. The van der Waals surface area contributed by atoms with Crippen LogP contribution in [0.2, 0.25) is 0 Å². The molecule has 0 saturated carbocycles. The molecular formula is C61H119N35O13. The van der Waals surface area contributed by atoms with Gasteiger partial charge in [0, 0.05) is 65.3 Å². The van der Waals surface area contributed by atoms with Gasteiger partial charge in [-0.1, -0.05) is 13.8 Å². The minimum atomic E-state index is -1.67. The number of aliphatic imine (C=N–C) groups is 8. The lowest BCUT2D eigenvalue weighted by Crippen LogP contribution is -2.60. The number of nitrogens with one attached hydrogen (secondary N) is 10. The van der Waals surface area contributed by atoms with Crippen LogP contribution in [0.5, 0.6) is 0 Å². The quantitative estimate of drug-likeness (QED) is 0.00884. The molecule has 0 heterocycles. The van der Waals surface area contributed by atoms with Crippen LogP contribution in [0.15, 0.2) is 39.9 Å². The summed E-state index contributed by atoms with van der Waals surface area (Å²) >= 11 is 0. The van der Waals surface area contributed by atoms with Gasteiger partial charge in [0.15, 0.2) is 47.7 Å². The van der Waals surface area contributed by atoms with Crippen LogP contribution in [0, 0.1) is 11.8 Å². The number of nitrogens with two attached hydrogens (primary N) is 17. The molecule has 109 heavy (non-hydrogen) atoms. The highest BCUT2D eigenvalue weighted by molar-refractivity contribution is 6.41. The molecule has 0 aliphatic rings. The number of nitrogens with zero attached hydrogens (tertiary/aromatic N) is 8. The van der Waals surface area contributed by atoms with Crippen molar-refractivity contribution in [2.45, 2.75) is 197 Å². The fourth-order valence-corrected chi connectivity index (χ4v) is 10.6. The largest absolute Gasteiger partial charge is 0.481 e. The van der Waals surface area contributed by atoms with E-state index in [0.717, 1.165) is 0 Å². The summed E-state index contributed by atoms with van der Waals surface area (Å²) in [6.07, 6.45) is -1.51. The number of hydrazine groups is 1. The number of hydrogen-bond acceptors (Lipinski definition) is 21. The fourth-order valence-electron chi connectivity index (χ4n) is 10.6. The smallest absolute Gasteiger partial charge is 0.312 e. The Kier molecular flexibility index (Phi) is 48.5. The summed E-state index contributed by atoms with van der Waals surface area (Å²) in [7, 11) is 0. The molecule has 0 aromatic carbocycles. The van der Waals surface area contributed by atoms with Crippen LogP contribution < -0.4 is 151 Å². The zero-order chi connectivity index (χ0) is 82.7. The van der Waals surface area contributed by atoms with Crippen molar-refractivity contribution in [3.63, 3.8) is 0 Å². The minimum Gasteiger partial charge on any atom is -0.481 e. The molecule has 0 rings (SSSR count). The van der Waals surface area contributed by atoms with Crippen LogP contribution in [0.4, 0.5) is 4.79 Å². The second-order valence-electron chi connectivity index (χ2n) is 24.9. The molecule has 0 aromatic heterocycles. The summed E-state index contributed by atoms with van der Waals surface area (Å²) in [6, 6.07) is -14.3. The summed E-state index contributed by atoms with van der Waals surface area (Å²) in [5, 5.41) is 30.9. The number of carbonyl (C=O) groups excluding carboxylic acids is 11. The lowest BCUT2D eigenvalue weighted by atomic mass is 9.84. The Bertz CT molecular complexity index is 3190. The molecule has 10 amide bonds. The van der Waals surface area contributed by atoms with Crippen molar-refractivity contribution in [1.29, 1.82) is 0 Å². The average Bonchev–Trinajstić information content (AvgIpc) is 0.858. The Morgan fingerprint density at radius 2 is 0.523 bits per heavy atom. The summed E-state index contributed by atoms with van der Waals surface area (Å²) in [5.74, 6) is -15.9. The second-order valence-corrected chi connectivity index (χ2v) is 24.9. The summed E-state index contributed by atoms with van der Waals surface area (Å²) in [5.41, 5.74) is 99.5. The molecule has 48 heteroatoms. The van der Waals surface area contributed by atoms with Crippen LogP contribution >= 0.6 is 0 Å². The van der Waals surface area contributed by atoms with Gasteiger partial charge in [-0.2, -0.15) is 0 Å². The van der Waals surface area contributed by atoms with Crippen LogP contribution in [-0.2, 0) is 52.7 Å². The molecule has 0 aliphatic heterocycles. The van der Waals surface area contributed by atoms with Crippen molar-refractivity contribution in [2.24, 2.45) is 149 Å². The Labute approximate surface area is 631 Å². The maximum Gasteiger partial charge on any atom is 0.312 e. The van der Waals surface area contributed by atoms with Gasteiger partial charge in [-0.3, -0.25) is 98.1 Å². The van der Waals surface area contributed by atoms with Crippen LogP contribution in [0.3, 0.4) is 0 Å². The van der Waals surface area contributed by atoms with Crippen molar-refractivity contribution in [3.05, 3.63) is 0 Å². The first-order valence-corrected chi connectivity index (χ1v) is 35.3. The van der Waals surface area contributed by atoms with Crippen molar-refractivity contribution in [3.8, 4) is 0 Å². The lowest BCUT2D eigenvalue weighted by Gasteiger charge is -2.28. The number of amides is 10. The van der Waals surface area contributed by atoms with E-state index in [1.807, 2.05) is 0 Å². The first kappa shape index (κ1) is 97.0. The van der Waals surface area contributed by atoms with E-state index in [4.69, 9.17) is 97.5 Å². The highest BCUT2D eigenvalue weighted by Gasteiger charge is 2.38. The third kappa shape index (κ3) is 45.2. The number of carboxylic acid groups (broad SMARTS) is 1. The van der Waals surface area contributed by atoms with E-state index in [-0.39, 0.29) is 216 Å². The number of Topliss-reactive ketones (excluding diaryl/α,β-unsaturated/α-hetero) is 2. The predicted octanol–water partition coefficient (Wildman–Crippen LogP) is -11.5. The Balaban J connectivity index is 7.98. The average molecular weight is 1550 g/mol. The van der Waals surface area contributed by atoms with Gasteiger partial charge in [0.1, 0.15) is 36.3 Å². The Morgan fingerprint density at radius 3 is 0.743 bits per heavy atom. The number of ketones is 2. The van der Waals surface area contributed by atoms with Gasteiger partial charge in [-0.15, -0.1) is 0 Å². The Morgan fingerprint density at radius 1 is 0.294 bits per heavy atom. The van der Waals surface area contributed by atoms with Gasteiger partial charge in [0.2, 0.25) is 58.8 Å². The molecule has 0 saturated heterocycles. The zero-order valence-corrected chi connectivity index (χ0v) is 62.2. The van der Waals surface area contributed by atoms with Gasteiger partial charge in [0.05, 0.1) is 23.9 Å². The number of aliphatic carboxylic acids is 1. The normalized spacial score (nSPS) is 13.7. The predicted molar refractivity (Wildman–Crippen MR) is 410 cm³/mol. The number of urea groups is 1. The third-order valence-electron chi connectivity index (χ3n) is 15.9. The van der Waals surface area contributed by atoms with Crippen molar-refractivity contribution >= 4 is 119 Å². The van der Waals surface area contributed by atoms with Crippen molar-refractivity contribution in [1.82, 2.24) is 53.4 Å². The summed E-state index contributed by atoms with van der Waals surface area (Å²) < 4.78 is 0. The van der Waals surface area contributed by atoms with E-state index in [0.29, 0.717) is 6.42 Å². The van der Waals surface area contributed by atoms with Crippen molar-refractivity contribution < 1.29 is 62.6 Å². The molecule has 0 aromatic rings. The topological polar surface area (TPSA) is 887 Å². The molecule has 48 nitrogen and oxygen atoms in total. The number of rotatable bonds is 58. The van der Waals surface area contributed by atoms with Crippen LogP contribution in [-0.4, -0.2) is 230 Å².